The molecule has 2 unspecified atom stereocenters. The molecular formula is C15H28BrN5. The lowest BCUT2D eigenvalue weighted by Gasteiger charge is -2.40. The Morgan fingerprint density at radius 1 is 1.33 bits per heavy atom. The lowest BCUT2D eigenvalue weighted by Crippen LogP contribution is -2.58. The molecule has 5 nitrogen and oxygen atoms in total. The van der Waals surface area contributed by atoms with Crippen molar-refractivity contribution < 1.29 is 0 Å². The van der Waals surface area contributed by atoms with Crippen molar-refractivity contribution in [1.29, 1.82) is 0 Å². The van der Waals surface area contributed by atoms with Crippen molar-refractivity contribution in [2.45, 2.75) is 45.3 Å². The van der Waals surface area contributed by atoms with Crippen molar-refractivity contribution in [3.63, 3.8) is 0 Å². The molecule has 2 N–H and O–H groups in total. The number of piperazine rings is 1. The van der Waals surface area contributed by atoms with Crippen molar-refractivity contribution in [3.05, 3.63) is 15.9 Å². The van der Waals surface area contributed by atoms with Crippen LogP contribution in [0.3, 0.4) is 0 Å². The molecule has 21 heavy (non-hydrogen) atoms. The van der Waals surface area contributed by atoms with E-state index in [1.807, 2.05) is 0 Å². The summed E-state index contributed by atoms with van der Waals surface area (Å²) >= 11 is 3.72. The molecule has 0 spiro atoms. The first-order chi connectivity index (χ1) is 9.97. The molecule has 0 aliphatic carbocycles. The van der Waals surface area contributed by atoms with E-state index in [2.05, 4.69) is 63.5 Å². The highest BCUT2D eigenvalue weighted by molar-refractivity contribution is 9.10. The molecule has 1 fully saturated rings. The maximum atomic E-state index is 6.55. The van der Waals surface area contributed by atoms with Gasteiger partial charge in [0, 0.05) is 44.7 Å². The zero-order valence-corrected chi connectivity index (χ0v) is 15.2. The Morgan fingerprint density at radius 2 is 2.05 bits per heavy atom. The van der Waals surface area contributed by atoms with Crippen LogP contribution < -0.4 is 5.73 Å². The summed E-state index contributed by atoms with van der Waals surface area (Å²) in [5, 5.41) is 4.67. The predicted molar refractivity (Wildman–Crippen MR) is 90.6 cm³/mol. The third-order valence-corrected chi connectivity index (χ3v) is 5.43. The third kappa shape index (κ3) is 3.67. The highest BCUT2D eigenvalue weighted by atomic mass is 79.9. The lowest BCUT2D eigenvalue weighted by atomic mass is 10.00. The summed E-state index contributed by atoms with van der Waals surface area (Å²) < 4.78 is 3.24. The van der Waals surface area contributed by atoms with Crippen LogP contribution in [0.15, 0.2) is 4.47 Å². The van der Waals surface area contributed by atoms with E-state index in [1.54, 1.807) is 0 Å². The summed E-state index contributed by atoms with van der Waals surface area (Å²) in [4.78, 5) is 4.76. The average molecular weight is 358 g/mol. The predicted octanol–water partition coefficient (Wildman–Crippen LogP) is 1.34. The Labute approximate surface area is 136 Å². The van der Waals surface area contributed by atoms with Crippen molar-refractivity contribution in [2.75, 3.05) is 33.7 Å². The number of aromatic nitrogens is 2. The smallest absolute Gasteiger partial charge is 0.0766 e. The highest BCUT2D eigenvalue weighted by Crippen LogP contribution is 2.24. The van der Waals surface area contributed by atoms with Gasteiger partial charge >= 0.3 is 0 Å². The molecule has 2 heterocycles. The Morgan fingerprint density at radius 3 is 2.67 bits per heavy atom. The first-order valence-corrected chi connectivity index (χ1v) is 8.65. The van der Waals surface area contributed by atoms with Crippen LogP contribution in [0.4, 0.5) is 0 Å². The molecule has 1 aliphatic rings. The molecule has 120 valence electrons. The van der Waals surface area contributed by atoms with Gasteiger partial charge in [-0.1, -0.05) is 6.92 Å². The summed E-state index contributed by atoms with van der Waals surface area (Å²) in [6.45, 7) is 8.41. The van der Waals surface area contributed by atoms with E-state index in [4.69, 9.17) is 5.73 Å². The van der Waals surface area contributed by atoms with E-state index >= 15 is 0 Å². The number of nitrogens with zero attached hydrogens (tertiary/aromatic N) is 4. The van der Waals surface area contributed by atoms with Gasteiger partial charge in [0.1, 0.15) is 0 Å². The lowest BCUT2D eigenvalue weighted by molar-refractivity contribution is 0.0968. The normalized spacial score (nSPS) is 22.7. The molecule has 0 radical (unpaired) electrons. The minimum Gasteiger partial charge on any atom is -0.326 e. The Hall–Kier alpha value is -0.430. The Balaban J connectivity index is 2.15. The van der Waals surface area contributed by atoms with Gasteiger partial charge in [-0.2, -0.15) is 5.10 Å². The summed E-state index contributed by atoms with van der Waals surface area (Å²) in [6.07, 6.45) is 1.81. The van der Waals surface area contributed by atoms with Gasteiger partial charge in [-0.15, -0.1) is 0 Å². The van der Waals surface area contributed by atoms with Crippen LogP contribution in [-0.2, 0) is 19.4 Å². The van der Waals surface area contributed by atoms with E-state index < -0.39 is 0 Å². The zero-order chi connectivity index (χ0) is 15.6. The van der Waals surface area contributed by atoms with E-state index in [1.165, 1.54) is 5.69 Å². The van der Waals surface area contributed by atoms with Crippen LogP contribution in [0.1, 0.15) is 25.2 Å². The summed E-state index contributed by atoms with van der Waals surface area (Å²) in [7, 11) is 4.36. The summed E-state index contributed by atoms with van der Waals surface area (Å²) in [5.41, 5.74) is 8.92. The van der Waals surface area contributed by atoms with Gasteiger partial charge in [-0.3, -0.25) is 9.58 Å². The topological polar surface area (TPSA) is 50.3 Å². The van der Waals surface area contributed by atoms with Crippen molar-refractivity contribution in [1.82, 2.24) is 19.6 Å². The average Bonchev–Trinajstić information content (AvgIpc) is 2.77. The molecule has 0 amide bonds. The van der Waals surface area contributed by atoms with Crippen LogP contribution in [0.5, 0.6) is 0 Å². The van der Waals surface area contributed by atoms with E-state index in [9.17, 15) is 0 Å². The first-order valence-electron chi connectivity index (χ1n) is 7.86. The van der Waals surface area contributed by atoms with Crippen LogP contribution >= 0.6 is 15.9 Å². The number of likely N-dealkylation sites (N-methyl/N-ethyl adjacent to an activating group) is 2. The molecule has 0 bridgehead atoms. The van der Waals surface area contributed by atoms with Gasteiger partial charge in [0.25, 0.3) is 0 Å². The van der Waals surface area contributed by atoms with Gasteiger partial charge in [-0.25, -0.2) is 0 Å². The molecule has 0 aromatic carbocycles. The summed E-state index contributed by atoms with van der Waals surface area (Å²) in [5.74, 6) is 0. The van der Waals surface area contributed by atoms with Gasteiger partial charge in [0.05, 0.1) is 15.9 Å². The van der Waals surface area contributed by atoms with Gasteiger partial charge in [-0.05, 0) is 43.4 Å². The van der Waals surface area contributed by atoms with Crippen LogP contribution in [0, 0.1) is 0 Å². The van der Waals surface area contributed by atoms with Gasteiger partial charge in [0.2, 0.25) is 0 Å². The molecule has 1 aliphatic heterocycles. The highest BCUT2D eigenvalue weighted by Gasteiger charge is 2.29. The monoisotopic (exact) mass is 357 g/mol. The molecule has 2 rings (SSSR count). The van der Waals surface area contributed by atoms with E-state index in [-0.39, 0.29) is 6.04 Å². The summed E-state index contributed by atoms with van der Waals surface area (Å²) in [6, 6.07) is 0.529. The van der Waals surface area contributed by atoms with Crippen molar-refractivity contribution in [3.8, 4) is 0 Å². The zero-order valence-electron chi connectivity index (χ0n) is 13.6. The largest absolute Gasteiger partial charge is 0.326 e. The molecule has 1 saturated heterocycles. The number of hydrogen-bond acceptors (Lipinski definition) is 4. The van der Waals surface area contributed by atoms with Crippen LogP contribution in [0.2, 0.25) is 0 Å². The quantitative estimate of drug-likeness (QED) is 0.863. The molecule has 1 aromatic rings. The second-order valence-corrected chi connectivity index (χ2v) is 6.85. The fourth-order valence-electron chi connectivity index (χ4n) is 3.08. The standard InChI is InChI=1S/C15H28BrN5/c1-5-12-15(16)13(21(6-2)18-12)9-11(17)14-10-19(3)7-8-20(14)4/h11,14H,5-10,17H2,1-4H3. The molecular weight excluding hydrogens is 330 g/mol. The van der Waals surface area contributed by atoms with Crippen molar-refractivity contribution in [2.24, 2.45) is 5.73 Å². The maximum Gasteiger partial charge on any atom is 0.0766 e. The Kier molecular flexibility index (Phi) is 5.82. The minimum absolute atomic E-state index is 0.126. The maximum absolute atomic E-state index is 6.55. The fraction of sp³-hybridized carbons (Fsp3) is 0.800. The van der Waals surface area contributed by atoms with E-state index in [0.717, 1.165) is 49.2 Å². The minimum atomic E-state index is 0.126. The van der Waals surface area contributed by atoms with Crippen LogP contribution in [0.25, 0.3) is 0 Å². The molecule has 0 saturated carbocycles. The first kappa shape index (κ1) is 16.9. The van der Waals surface area contributed by atoms with Gasteiger partial charge < -0.3 is 10.6 Å². The molecule has 2 atom stereocenters. The van der Waals surface area contributed by atoms with Crippen molar-refractivity contribution >= 4 is 15.9 Å². The third-order valence-electron chi connectivity index (χ3n) is 4.52. The fourth-order valence-corrected chi connectivity index (χ4v) is 3.80. The van der Waals surface area contributed by atoms with Crippen LogP contribution in [-0.4, -0.2) is 65.4 Å². The second kappa shape index (κ2) is 7.22. The van der Waals surface area contributed by atoms with Gasteiger partial charge in [0.15, 0.2) is 0 Å². The number of rotatable bonds is 5. The number of nitrogens with two attached hydrogens (primary N) is 1. The molecule has 1 aromatic heterocycles. The number of aryl methyl sites for hydroxylation is 2. The Bertz CT molecular complexity index is 473. The number of hydrogen-bond donors (Lipinski definition) is 1. The SMILES string of the molecule is CCc1nn(CC)c(CC(N)C2CN(C)CCN2C)c1Br. The molecule has 6 heteroatoms. The van der Waals surface area contributed by atoms with E-state index in [0.29, 0.717) is 6.04 Å². The second-order valence-electron chi connectivity index (χ2n) is 6.05. The number of halogens is 1.